The Morgan fingerprint density at radius 1 is 1.03 bits per heavy atom. The number of carbonyl (C=O) groups excluding carboxylic acids is 1. The Kier molecular flexibility index (Phi) is 5.29. The molecule has 6 heteroatoms. The van der Waals surface area contributed by atoms with Crippen molar-refractivity contribution in [1.82, 2.24) is 24.7 Å². The molecular weight excluding hydrogens is 362 g/mol. The number of benzene rings is 1. The molecule has 0 unspecified atom stereocenters. The number of nitrogens with zero attached hydrogens (tertiary/aromatic N) is 5. The van der Waals surface area contributed by atoms with E-state index in [4.69, 9.17) is 4.98 Å². The molecule has 152 valence electrons. The minimum atomic E-state index is 0.267. The zero-order valence-electron chi connectivity index (χ0n) is 17.0. The Morgan fingerprint density at radius 2 is 1.83 bits per heavy atom. The van der Waals surface area contributed by atoms with Crippen molar-refractivity contribution in [1.29, 1.82) is 0 Å². The number of piperazine rings is 1. The van der Waals surface area contributed by atoms with Crippen molar-refractivity contribution in [2.45, 2.75) is 38.3 Å². The number of hydrogen-bond donors (Lipinski definition) is 0. The number of amides is 1. The van der Waals surface area contributed by atoms with Gasteiger partial charge in [-0.05, 0) is 12.8 Å². The Bertz CT molecular complexity index is 859. The Balaban J connectivity index is 1.16. The molecule has 0 atom stereocenters. The summed E-state index contributed by atoms with van der Waals surface area (Å²) < 4.78 is 0. The summed E-state index contributed by atoms with van der Waals surface area (Å²) >= 11 is 0. The fourth-order valence-electron chi connectivity index (χ4n) is 4.62. The highest BCUT2D eigenvalue weighted by Gasteiger charge is 2.30. The monoisotopic (exact) mass is 391 g/mol. The van der Waals surface area contributed by atoms with Gasteiger partial charge in [0.1, 0.15) is 0 Å². The van der Waals surface area contributed by atoms with Crippen LogP contribution >= 0.6 is 0 Å². The molecule has 1 aromatic heterocycles. The molecule has 2 fully saturated rings. The Labute approximate surface area is 172 Å². The smallest absolute Gasteiger partial charge is 0.236 e. The van der Waals surface area contributed by atoms with Gasteiger partial charge >= 0.3 is 0 Å². The minimum Gasteiger partial charge on any atom is -0.339 e. The second-order valence-electron chi connectivity index (χ2n) is 8.49. The maximum atomic E-state index is 12.8. The number of fused-ring (bicyclic) bond motifs is 1. The SMILES string of the molecule is O=C(CN1CCc2nc(-c3ccccc3)ncc2C1)N1CCN(C2CCC2)CC1. The number of hydrogen-bond acceptors (Lipinski definition) is 5. The van der Waals surface area contributed by atoms with E-state index >= 15 is 0 Å². The first-order valence-electron chi connectivity index (χ1n) is 10.9. The van der Waals surface area contributed by atoms with E-state index in [0.717, 1.165) is 74.4 Å². The van der Waals surface area contributed by atoms with Gasteiger partial charge in [0.15, 0.2) is 5.82 Å². The quantitative estimate of drug-likeness (QED) is 0.800. The molecule has 1 aromatic carbocycles. The highest BCUT2D eigenvalue weighted by molar-refractivity contribution is 5.78. The number of aromatic nitrogens is 2. The summed E-state index contributed by atoms with van der Waals surface area (Å²) in [5.74, 6) is 1.06. The van der Waals surface area contributed by atoms with Gasteiger partial charge in [0.25, 0.3) is 0 Å². The molecule has 1 amide bonds. The average Bonchev–Trinajstić information content (AvgIpc) is 2.73. The highest BCUT2D eigenvalue weighted by atomic mass is 16.2. The number of rotatable bonds is 4. The maximum absolute atomic E-state index is 12.8. The lowest BCUT2D eigenvalue weighted by molar-refractivity contribution is -0.135. The van der Waals surface area contributed by atoms with E-state index in [1.54, 1.807) is 0 Å². The predicted molar refractivity (Wildman–Crippen MR) is 112 cm³/mol. The van der Waals surface area contributed by atoms with Crippen LogP contribution in [0.1, 0.15) is 30.5 Å². The maximum Gasteiger partial charge on any atom is 0.236 e. The summed E-state index contributed by atoms with van der Waals surface area (Å²) in [5.41, 5.74) is 3.32. The van der Waals surface area contributed by atoms with Gasteiger partial charge in [0.2, 0.25) is 5.91 Å². The lowest BCUT2D eigenvalue weighted by Gasteiger charge is -2.43. The summed E-state index contributed by atoms with van der Waals surface area (Å²) in [7, 11) is 0. The van der Waals surface area contributed by atoms with Crippen LogP contribution in [0.2, 0.25) is 0 Å². The van der Waals surface area contributed by atoms with Crippen molar-refractivity contribution in [3.05, 3.63) is 47.8 Å². The van der Waals surface area contributed by atoms with Crippen molar-refractivity contribution in [2.75, 3.05) is 39.3 Å². The Morgan fingerprint density at radius 3 is 2.55 bits per heavy atom. The van der Waals surface area contributed by atoms with Crippen molar-refractivity contribution >= 4 is 5.91 Å². The van der Waals surface area contributed by atoms with Crippen LogP contribution in [0.25, 0.3) is 11.4 Å². The zero-order valence-corrected chi connectivity index (χ0v) is 17.0. The van der Waals surface area contributed by atoms with E-state index in [2.05, 4.69) is 19.7 Å². The first kappa shape index (κ1) is 18.7. The van der Waals surface area contributed by atoms with Gasteiger partial charge in [-0.1, -0.05) is 36.8 Å². The summed E-state index contributed by atoms with van der Waals surface area (Å²) in [6.45, 7) is 5.98. The molecule has 3 heterocycles. The molecule has 5 rings (SSSR count). The zero-order chi connectivity index (χ0) is 19.6. The van der Waals surface area contributed by atoms with E-state index in [9.17, 15) is 4.79 Å². The van der Waals surface area contributed by atoms with Crippen LogP contribution in [0.5, 0.6) is 0 Å². The molecule has 1 aliphatic carbocycles. The molecule has 1 saturated carbocycles. The van der Waals surface area contributed by atoms with Crippen LogP contribution in [0.15, 0.2) is 36.5 Å². The van der Waals surface area contributed by atoms with E-state index in [0.29, 0.717) is 6.54 Å². The number of carbonyl (C=O) groups is 1. The molecule has 2 aromatic rings. The van der Waals surface area contributed by atoms with E-state index < -0.39 is 0 Å². The van der Waals surface area contributed by atoms with Crippen LogP contribution < -0.4 is 0 Å². The van der Waals surface area contributed by atoms with Crippen LogP contribution in [-0.2, 0) is 17.8 Å². The van der Waals surface area contributed by atoms with Gasteiger partial charge < -0.3 is 4.90 Å². The third-order valence-electron chi connectivity index (χ3n) is 6.66. The van der Waals surface area contributed by atoms with Crippen LogP contribution in [0, 0.1) is 0 Å². The Hall–Kier alpha value is -2.31. The topological polar surface area (TPSA) is 52.6 Å². The second kappa shape index (κ2) is 8.20. The molecule has 0 radical (unpaired) electrons. The third kappa shape index (κ3) is 4.05. The fourth-order valence-corrected chi connectivity index (χ4v) is 4.62. The largest absolute Gasteiger partial charge is 0.339 e. The van der Waals surface area contributed by atoms with Gasteiger partial charge in [-0.25, -0.2) is 9.97 Å². The van der Waals surface area contributed by atoms with E-state index in [1.807, 2.05) is 36.5 Å². The minimum absolute atomic E-state index is 0.267. The van der Waals surface area contributed by atoms with Crippen LogP contribution in [0.3, 0.4) is 0 Å². The lowest BCUT2D eigenvalue weighted by atomic mass is 9.91. The first-order valence-corrected chi connectivity index (χ1v) is 10.9. The van der Waals surface area contributed by atoms with Crippen molar-refractivity contribution in [3.8, 4) is 11.4 Å². The summed E-state index contributed by atoms with van der Waals surface area (Å²) in [6, 6.07) is 10.9. The molecular formula is C23H29N5O. The molecule has 3 aliphatic rings. The summed E-state index contributed by atoms with van der Waals surface area (Å²) in [5, 5.41) is 0. The normalized spacial score (nSPS) is 20.9. The summed E-state index contributed by atoms with van der Waals surface area (Å²) in [4.78, 5) is 29.0. The van der Waals surface area contributed by atoms with Gasteiger partial charge in [-0.15, -0.1) is 0 Å². The third-order valence-corrected chi connectivity index (χ3v) is 6.66. The van der Waals surface area contributed by atoms with Crippen molar-refractivity contribution < 1.29 is 4.79 Å². The summed E-state index contributed by atoms with van der Waals surface area (Å²) in [6.07, 6.45) is 6.88. The van der Waals surface area contributed by atoms with E-state index in [-0.39, 0.29) is 5.91 Å². The fraction of sp³-hybridized carbons (Fsp3) is 0.522. The molecule has 29 heavy (non-hydrogen) atoms. The first-order chi connectivity index (χ1) is 14.3. The van der Waals surface area contributed by atoms with Crippen molar-refractivity contribution in [2.24, 2.45) is 0 Å². The van der Waals surface area contributed by atoms with Gasteiger partial charge in [-0.3, -0.25) is 14.6 Å². The molecule has 1 saturated heterocycles. The van der Waals surface area contributed by atoms with E-state index in [1.165, 1.54) is 19.3 Å². The predicted octanol–water partition coefficient (Wildman–Crippen LogP) is 2.20. The molecule has 6 nitrogen and oxygen atoms in total. The molecule has 0 bridgehead atoms. The van der Waals surface area contributed by atoms with Crippen LogP contribution in [-0.4, -0.2) is 75.9 Å². The molecule has 2 aliphatic heterocycles. The average molecular weight is 392 g/mol. The van der Waals surface area contributed by atoms with Gasteiger partial charge in [0, 0.05) is 69.1 Å². The van der Waals surface area contributed by atoms with Gasteiger partial charge in [0.05, 0.1) is 12.2 Å². The van der Waals surface area contributed by atoms with Crippen LogP contribution in [0.4, 0.5) is 0 Å². The second-order valence-corrected chi connectivity index (χ2v) is 8.49. The standard InChI is InChI=1S/C23H29N5O/c29-22(28-13-11-27(12-14-28)20-7-4-8-20)17-26-10-9-21-19(16-26)15-24-23(25-21)18-5-2-1-3-6-18/h1-3,5-6,15,20H,4,7-14,16-17H2. The lowest BCUT2D eigenvalue weighted by Crippen LogP contribution is -2.55. The highest BCUT2D eigenvalue weighted by Crippen LogP contribution is 2.26. The molecule has 0 N–H and O–H groups in total. The van der Waals surface area contributed by atoms with Gasteiger partial charge in [-0.2, -0.15) is 0 Å². The molecule has 0 spiro atoms. The van der Waals surface area contributed by atoms with Crippen molar-refractivity contribution in [3.63, 3.8) is 0 Å².